The summed E-state index contributed by atoms with van der Waals surface area (Å²) in [6.45, 7) is 4.24. The lowest BCUT2D eigenvalue weighted by molar-refractivity contribution is -0.0440. The number of carbonyl (C=O) groups is 1. The van der Waals surface area contributed by atoms with E-state index in [1.165, 1.54) is 36.7 Å². The van der Waals surface area contributed by atoms with Crippen LogP contribution in [0.25, 0.3) is 0 Å². The predicted octanol–water partition coefficient (Wildman–Crippen LogP) is 0.853. The average molecular weight is 342 g/mol. The van der Waals surface area contributed by atoms with Crippen molar-refractivity contribution in [3.8, 4) is 5.75 Å². The normalized spacial score (nSPS) is 22.6. The van der Waals surface area contributed by atoms with Gasteiger partial charge in [-0.05, 0) is 32.0 Å². The summed E-state index contributed by atoms with van der Waals surface area (Å²) >= 11 is 0. The first kappa shape index (κ1) is 17.7. The zero-order valence-corrected chi connectivity index (χ0v) is 14.5. The third-order valence-electron chi connectivity index (χ3n) is 3.67. The topological polar surface area (TPSA) is 84.9 Å². The highest BCUT2D eigenvalue weighted by Gasteiger charge is 2.32. The summed E-state index contributed by atoms with van der Waals surface area (Å²) in [5, 5.41) is 2.48. The fourth-order valence-corrected chi connectivity index (χ4v) is 4.25. The molecule has 0 bridgehead atoms. The molecule has 0 radical (unpaired) electrons. The van der Waals surface area contributed by atoms with Crippen LogP contribution in [0.1, 0.15) is 24.2 Å². The summed E-state index contributed by atoms with van der Waals surface area (Å²) in [6, 6.07) is 4.29. The molecule has 23 heavy (non-hydrogen) atoms. The smallest absolute Gasteiger partial charge is 0.254 e. The second kappa shape index (κ2) is 6.86. The highest BCUT2D eigenvalue weighted by atomic mass is 32.2. The van der Waals surface area contributed by atoms with Gasteiger partial charge in [-0.3, -0.25) is 4.79 Å². The summed E-state index contributed by atoms with van der Waals surface area (Å²) in [6.07, 6.45) is -0.352. The number of rotatable bonds is 4. The van der Waals surface area contributed by atoms with Gasteiger partial charge in [0.2, 0.25) is 10.0 Å². The number of methoxy groups -OCH3 is 1. The fraction of sp³-hybridized carbons (Fsp3) is 0.533. The number of benzene rings is 1. The lowest BCUT2D eigenvalue weighted by atomic mass is 10.2. The Morgan fingerprint density at radius 3 is 2.43 bits per heavy atom. The molecule has 1 aliphatic rings. The highest BCUT2D eigenvalue weighted by Crippen LogP contribution is 2.26. The molecule has 8 heteroatoms. The first-order chi connectivity index (χ1) is 10.8. The van der Waals surface area contributed by atoms with Crippen molar-refractivity contribution in [1.29, 1.82) is 0 Å². The number of morpholine rings is 1. The zero-order valence-electron chi connectivity index (χ0n) is 13.7. The van der Waals surface area contributed by atoms with Crippen LogP contribution in [0.15, 0.2) is 23.1 Å². The molecule has 1 aliphatic heterocycles. The number of nitrogens with zero attached hydrogens (tertiary/aromatic N) is 1. The molecule has 128 valence electrons. The van der Waals surface area contributed by atoms with E-state index in [2.05, 4.69) is 5.32 Å². The molecule has 1 fully saturated rings. The average Bonchev–Trinajstić information content (AvgIpc) is 2.52. The number of amides is 1. The first-order valence-corrected chi connectivity index (χ1v) is 8.79. The molecule has 0 saturated carbocycles. The minimum Gasteiger partial charge on any atom is -0.496 e. The molecule has 1 aromatic carbocycles. The van der Waals surface area contributed by atoms with Gasteiger partial charge in [-0.2, -0.15) is 4.31 Å². The van der Waals surface area contributed by atoms with Gasteiger partial charge in [-0.25, -0.2) is 8.42 Å². The maximum atomic E-state index is 12.8. The van der Waals surface area contributed by atoms with Crippen LogP contribution in [0.3, 0.4) is 0 Å². The van der Waals surface area contributed by atoms with Gasteiger partial charge < -0.3 is 14.8 Å². The number of ether oxygens (including phenoxy) is 2. The van der Waals surface area contributed by atoms with Crippen molar-refractivity contribution in [2.45, 2.75) is 31.0 Å². The molecule has 1 aromatic rings. The van der Waals surface area contributed by atoms with Crippen molar-refractivity contribution in [3.63, 3.8) is 0 Å². The standard InChI is InChI=1S/C15H22N2O5S/c1-10-8-17(9-11(2)22-10)23(19,20)12-5-6-14(21-4)13(7-12)15(18)16-3/h5-7,10-11H,8-9H2,1-4H3,(H,16,18). The molecule has 7 nitrogen and oxygen atoms in total. The molecule has 1 heterocycles. The summed E-state index contributed by atoms with van der Waals surface area (Å²) < 4.78 is 37.8. The van der Waals surface area contributed by atoms with E-state index in [1.807, 2.05) is 13.8 Å². The lowest BCUT2D eigenvalue weighted by Crippen LogP contribution is -2.48. The molecule has 0 spiro atoms. The van der Waals surface area contributed by atoms with E-state index in [1.54, 1.807) is 0 Å². The van der Waals surface area contributed by atoms with Gasteiger partial charge in [0, 0.05) is 20.1 Å². The molecular weight excluding hydrogens is 320 g/mol. The molecule has 0 aliphatic carbocycles. The first-order valence-electron chi connectivity index (χ1n) is 7.35. The van der Waals surface area contributed by atoms with Gasteiger partial charge >= 0.3 is 0 Å². The molecule has 2 atom stereocenters. The van der Waals surface area contributed by atoms with Crippen LogP contribution in [-0.2, 0) is 14.8 Å². The van der Waals surface area contributed by atoms with Crippen LogP contribution < -0.4 is 10.1 Å². The number of hydrogen-bond donors (Lipinski definition) is 1. The van der Waals surface area contributed by atoms with Gasteiger partial charge in [-0.1, -0.05) is 0 Å². The largest absolute Gasteiger partial charge is 0.496 e. The summed E-state index contributed by atoms with van der Waals surface area (Å²) in [7, 11) is -0.787. The van der Waals surface area contributed by atoms with Crippen LogP contribution in [-0.4, -0.2) is 58.1 Å². The molecule has 2 rings (SSSR count). The quantitative estimate of drug-likeness (QED) is 0.877. The van der Waals surface area contributed by atoms with E-state index >= 15 is 0 Å². The Morgan fingerprint density at radius 1 is 1.30 bits per heavy atom. The van der Waals surface area contributed by atoms with Crippen LogP contribution >= 0.6 is 0 Å². The zero-order chi connectivity index (χ0) is 17.2. The van der Waals surface area contributed by atoms with Crippen molar-refractivity contribution in [3.05, 3.63) is 23.8 Å². The summed E-state index contributed by atoms with van der Waals surface area (Å²) in [5.74, 6) is -0.0744. The Kier molecular flexibility index (Phi) is 5.28. The lowest BCUT2D eigenvalue weighted by Gasteiger charge is -2.34. The van der Waals surface area contributed by atoms with Crippen molar-refractivity contribution in [2.75, 3.05) is 27.2 Å². The van der Waals surface area contributed by atoms with E-state index < -0.39 is 15.9 Å². The molecule has 1 saturated heterocycles. The molecule has 2 unspecified atom stereocenters. The molecule has 0 aromatic heterocycles. The van der Waals surface area contributed by atoms with E-state index in [-0.39, 0.29) is 35.8 Å². The minimum atomic E-state index is -3.70. The van der Waals surface area contributed by atoms with Gasteiger partial charge in [0.25, 0.3) is 5.91 Å². The Hall–Kier alpha value is -1.64. The maximum Gasteiger partial charge on any atom is 0.254 e. The van der Waals surface area contributed by atoms with Gasteiger partial charge in [0.15, 0.2) is 0 Å². The summed E-state index contributed by atoms with van der Waals surface area (Å²) in [5.41, 5.74) is 0.186. The number of carbonyl (C=O) groups excluding carboxylic acids is 1. The Bertz CT molecular complexity index is 679. The number of hydrogen-bond acceptors (Lipinski definition) is 5. The van der Waals surface area contributed by atoms with Crippen LogP contribution in [0, 0.1) is 0 Å². The Morgan fingerprint density at radius 2 is 1.91 bits per heavy atom. The maximum absolute atomic E-state index is 12.8. The number of nitrogens with one attached hydrogen (secondary N) is 1. The second-order valence-corrected chi connectivity index (χ2v) is 7.46. The van der Waals surface area contributed by atoms with Crippen molar-refractivity contribution in [1.82, 2.24) is 9.62 Å². The number of sulfonamides is 1. The molecule has 1 amide bonds. The molecule has 1 N–H and O–H groups in total. The van der Waals surface area contributed by atoms with E-state index in [0.717, 1.165) is 0 Å². The Labute approximate surface area is 136 Å². The summed E-state index contributed by atoms with van der Waals surface area (Å²) in [4.78, 5) is 12.0. The Balaban J connectivity index is 2.42. The highest BCUT2D eigenvalue weighted by molar-refractivity contribution is 7.89. The third-order valence-corrected chi connectivity index (χ3v) is 5.49. The predicted molar refractivity (Wildman–Crippen MR) is 85.2 cm³/mol. The van der Waals surface area contributed by atoms with Crippen molar-refractivity contribution < 1.29 is 22.7 Å². The second-order valence-electron chi connectivity index (χ2n) is 5.52. The van der Waals surface area contributed by atoms with Crippen LogP contribution in [0.5, 0.6) is 5.75 Å². The third kappa shape index (κ3) is 3.65. The van der Waals surface area contributed by atoms with Crippen LogP contribution in [0.2, 0.25) is 0 Å². The van der Waals surface area contributed by atoms with E-state index in [0.29, 0.717) is 5.75 Å². The van der Waals surface area contributed by atoms with Gasteiger partial charge in [0.1, 0.15) is 5.75 Å². The SMILES string of the molecule is CNC(=O)c1cc(S(=O)(=O)N2CC(C)OC(C)C2)ccc1OC. The van der Waals surface area contributed by atoms with Crippen LogP contribution in [0.4, 0.5) is 0 Å². The minimum absolute atomic E-state index is 0.0678. The van der Waals surface area contributed by atoms with Gasteiger partial charge in [-0.15, -0.1) is 0 Å². The van der Waals surface area contributed by atoms with Gasteiger partial charge in [0.05, 0.1) is 29.8 Å². The van der Waals surface area contributed by atoms with E-state index in [4.69, 9.17) is 9.47 Å². The molecular formula is C15H22N2O5S. The fourth-order valence-electron chi connectivity index (χ4n) is 2.64. The van der Waals surface area contributed by atoms with Crippen molar-refractivity contribution >= 4 is 15.9 Å². The van der Waals surface area contributed by atoms with E-state index in [9.17, 15) is 13.2 Å². The van der Waals surface area contributed by atoms with Crippen molar-refractivity contribution in [2.24, 2.45) is 0 Å². The monoisotopic (exact) mass is 342 g/mol.